The minimum Gasteiger partial charge on any atom is -0.296 e. The summed E-state index contributed by atoms with van der Waals surface area (Å²) in [5.41, 5.74) is 2.44. The lowest BCUT2D eigenvalue weighted by Gasteiger charge is -1.99. The SMILES string of the molecule is Cc1ccc2sc(NC(=O)c3ccccn3)nc2c1. The molecule has 4 nitrogen and oxygen atoms in total. The average molecular weight is 269 g/mol. The first-order valence-corrected chi connectivity index (χ1v) is 6.63. The molecule has 1 amide bonds. The third kappa shape index (κ3) is 2.46. The molecule has 0 saturated carbocycles. The lowest BCUT2D eigenvalue weighted by atomic mass is 10.2. The Morgan fingerprint density at radius 2 is 2.16 bits per heavy atom. The van der Waals surface area contributed by atoms with E-state index in [-0.39, 0.29) is 5.91 Å². The Kier molecular flexibility index (Phi) is 2.97. The second-order valence-corrected chi connectivity index (χ2v) is 5.19. The Bertz CT molecular complexity index is 737. The van der Waals surface area contributed by atoms with E-state index in [4.69, 9.17) is 0 Å². The number of fused-ring (bicyclic) bond motifs is 1. The zero-order valence-corrected chi connectivity index (χ0v) is 11.1. The number of rotatable bonds is 2. The lowest BCUT2D eigenvalue weighted by Crippen LogP contribution is -2.12. The van der Waals surface area contributed by atoms with Crippen molar-refractivity contribution in [2.75, 3.05) is 5.32 Å². The first-order valence-electron chi connectivity index (χ1n) is 5.82. The van der Waals surface area contributed by atoms with Gasteiger partial charge in [-0.2, -0.15) is 0 Å². The number of nitrogens with zero attached hydrogens (tertiary/aromatic N) is 2. The normalized spacial score (nSPS) is 10.6. The molecule has 3 rings (SSSR count). The molecular weight excluding hydrogens is 258 g/mol. The molecule has 0 saturated heterocycles. The molecular formula is C14H11N3OS. The quantitative estimate of drug-likeness (QED) is 0.777. The number of aryl methyl sites for hydroxylation is 1. The number of carbonyl (C=O) groups is 1. The van der Waals surface area contributed by atoms with Gasteiger partial charge in [0.05, 0.1) is 10.2 Å². The molecule has 94 valence electrons. The Morgan fingerprint density at radius 3 is 2.95 bits per heavy atom. The number of carbonyl (C=O) groups excluding carboxylic acids is 1. The largest absolute Gasteiger partial charge is 0.296 e. The van der Waals surface area contributed by atoms with E-state index in [0.29, 0.717) is 10.8 Å². The summed E-state index contributed by atoms with van der Waals surface area (Å²) in [6.45, 7) is 2.02. The average Bonchev–Trinajstić information content (AvgIpc) is 2.81. The highest BCUT2D eigenvalue weighted by Crippen LogP contribution is 2.26. The van der Waals surface area contributed by atoms with Crippen molar-refractivity contribution in [2.24, 2.45) is 0 Å². The van der Waals surface area contributed by atoms with Crippen molar-refractivity contribution in [1.82, 2.24) is 9.97 Å². The molecule has 2 aromatic heterocycles. The van der Waals surface area contributed by atoms with Crippen LogP contribution in [0.3, 0.4) is 0 Å². The predicted octanol–water partition coefficient (Wildman–Crippen LogP) is 3.25. The van der Waals surface area contributed by atoms with Gasteiger partial charge >= 0.3 is 0 Å². The number of anilines is 1. The van der Waals surface area contributed by atoms with Gasteiger partial charge in [-0.3, -0.25) is 15.1 Å². The van der Waals surface area contributed by atoms with Gasteiger partial charge in [0, 0.05) is 6.20 Å². The molecule has 0 unspecified atom stereocenters. The Hall–Kier alpha value is -2.27. The molecule has 0 atom stereocenters. The van der Waals surface area contributed by atoms with Crippen molar-refractivity contribution >= 4 is 32.6 Å². The predicted molar refractivity (Wildman–Crippen MR) is 76.5 cm³/mol. The monoisotopic (exact) mass is 269 g/mol. The maximum Gasteiger partial charge on any atom is 0.276 e. The minimum absolute atomic E-state index is 0.239. The number of benzene rings is 1. The second-order valence-electron chi connectivity index (χ2n) is 4.16. The van der Waals surface area contributed by atoms with Gasteiger partial charge in [-0.05, 0) is 36.8 Å². The van der Waals surface area contributed by atoms with Gasteiger partial charge < -0.3 is 0 Å². The number of nitrogens with one attached hydrogen (secondary N) is 1. The van der Waals surface area contributed by atoms with E-state index in [1.165, 1.54) is 11.3 Å². The van der Waals surface area contributed by atoms with Crippen LogP contribution < -0.4 is 5.32 Å². The number of thiazole rings is 1. The van der Waals surface area contributed by atoms with Crippen molar-refractivity contribution < 1.29 is 4.79 Å². The van der Waals surface area contributed by atoms with Crippen LogP contribution in [0.4, 0.5) is 5.13 Å². The molecule has 2 heterocycles. The first-order chi connectivity index (χ1) is 9.22. The fourth-order valence-corrected chi connectivity index (χ4v) is 2.59. The summed E-state index contributed by atoms with van der Waals surface area (Å²) in [6.07, 6.45) is 1.59. The van der Waals surface area contributed by atoms with Gasteiger partial charge in [0.1, 0.15) is 5.69 Å². The zero-order chi connectivity index (χ0) is 13.2. The van der Waals surface area contributed by atoms with Crippen LogP contribution in [-0.2, 0) is 0 Å². The van der Waals surface area contributed by atoms with Crippen molar-refractivity contribution in [3.05, 3.63) is 53.9 Å². The van der Waals surface area contributed by atoms with Crippen molar-refractivity contribution in [3.8, 4) is 0 Å². The number of pyridine rings is 1. The second kappa shape index (κ2) is 4.78. The van der Waals surface area contributed by atoms with Crippen LogP contribution in [0.25, 0.3) is 10.2 Å². The van der Waals surface area contributed by atoms with Crippen LogP contribution in [0.5, 0.6) is 0 Å². The van der Waals surface area contributed by atoms with Gasteiger partial charge in [0.25, 0.3) is 5.91 Å². The van der Waals surface area contributed by atoms with Gasteiger partial charge in [0.2, 0.25) is 0 Å². The molecule has 5 heteroatoms. The number of aromatic nitrogens is 2. The van der Waals surface area contributed by atoms with E-state index < -0.39 is 0 Å². The third-order valence-electron chi connectivity index (χ3n) is 2.66. The maximum absolute atomic E-state index is 12.0. The lowest BCUT2D eigenvalue weighted by molar-refractivity contribution is 0.102. The van der Waals surface area contributed by atoms with Crippen molar-refractivity contribution in [1.29, 1.82) is 0 Å². The summed E-state index contributed by atoms with van der Waals surface area (Å²) in [6, 6.07) is 11.3. The van der Waals surface area contributed by atoms with Gasteiger partial charge in [-0.15, -0.1) is 0 Å². The number of hydrogen-bond donors (Lipinski definition) is 1. The Morgan fingerprint density at radius 1 is 1.26 bits per heavy atom. The molecule has 0 bridgehead atoms. The fraction of sp³-hybridized carbons (Fsp3) is 0.0714. The maximum atomic E-state index is 12.0. The summed E-state index contributed by atoms with van der Waals surface area (Å²) >= 11 is 1.46. The third-order valence-corrected chi connectivity index (χ3v) is 3.61. The molecule has 0 fully saturated rings. The molecule has 19 heavy (non-hydrogen) atoms. The topological polar surface area (TPSA) is 54.9 Å². The fourth-order valence-electron chi connectivity index (χ4n) is 1.75. The highest BCUT2D eigenvalue weighted by molar-refractivity contribution is 7.22. The van der Waals surface area contributed by atoms with Gasteiger partial charge in [-0.1, -0.05) is 23.5 Å². The molecule has 3 aromatic rings. The van der Waals surface area contributed by atoms with E-state index >= 15 is 0 Å². The van der Waals surface area contributed by atoms with Crippen LogP contribution in [-0.4, -0.2) is 15.9 Å². The summed E-state index contributed by atoms with van der Waals surface area (Å²) < 4.78 is 1.06. The summed E-state index contributed by atoms with van der Waals surface area (Å²) in [7, 11) is 0. The highest BCUT2D eigenvalue weighted by Gasteiger charge is 2.10. The molecule has 0 aliphatic heterocycles. The molecule has 1 aromatic carbocycles. The smallest absolute Gasteiger partial charge is 0.276 e. The van der Waals surface area contributed by atoms with Crippen molar-refractivity contribution in [3.63, 3.8) is 0 Å². The molecule has 0 spiro atoms. The van der Waals surface area contributed by atoms with Gasteiger partial charge in [-0.25, -0.2) is 4.98 Å². The van der Waals surface area contributed by atoms with E-state index in [2.05, 4.69) is 15.3 Å². The summed E-state index contributed by atoms with van der Waals surface area (Å²) in [5.74, 6) is -0.239. The highest BCUT2D eigenvalue weighted by atomic mass is 32.1. The first kappa shape index (κ1) is 11.8. The Labute approximate surface area is 114 Å². The standard InChI is InChI=1S/C14H11N3OS/c1-9-5-6-12-11(8-9)16-14(19-12)17-13(18)10-4-2-3-7-15-10/h2-8H,1H3,(H,16,17,18). The van der Waals surface area contributed by atoms with Crippen LogP contribution >= 0.6 is 11.3 Å². The molecule has 0 aliphatic rings. The van der Waals surface area contributed by atoms with Crippen LogP contribution in [0.15, 0.2) is 42.6 Å². The molecule has 0 radical (unpaired) electrons. The van der Waals surface area contributed by atoms with Crippen LogP contribution in [0.1, 0.15) is 16.1 Å². The summed E-state index contributed by atoms with van der Waals surface area (Å²) in [5, 5.41) is 3.37. The molecule has 1 N–H and O–H groups in total. The van der Waals surface area contributed by atoms with Crippen LogP contribution in [0, 0.1) is 6.92 Å². The summed E-state index contributed by atoms with van der Waals surface area (Å²) in [4.78, 5) is 20.4. The van der Waals surface area contributed by atoms with E-state index in [1.807, 2.05) is 25.1 Å². The molecule has 0 aliphatic carbocycles. The number of hydrogen-bond acceptors (Lipinski definition) is 4. The van der Waals surface area contributed by atoms with E-state index in [0.717, 1.165) is 15.8 Å². The zero-order valence-electron chi connectivity index (χ0n) is 10.3. The van der Waals surface area contributed by atoms with Gasteiger partial charge in [0.15, 0.2) is 5.13 Å². The minimum atomic E-state index is -0.239. The van der Waals surface area contributed by atoms with E-state index in [1.54, 1.807) is 24.4 Å². The van der Waals surface area contributed by atoms with Crippen LogP contribution in [0.2, 0.25) is 0 Å². The number of amides is 1. The van der Waals surface area contributed by atoms with Crippen molar-refractivity contribution in [2.45, 2.75) is 6.92 Å². The van der Waals surface area contributed by atoms with E-state index in [9.17, 15) is 4.79 Å². The Balaban J connectivity index is 1.87.